The summed E-state index contributed by atoms with van der Waals surface area (Å²) in [5.41, 5.74) is 7.31. The number of aromatic nitrogens is 2. The zero-order chi connectivity index (χ0) is 13.3. The van der Waals surface area contributed by atoms with Gasteiger partial charge < -0.3 is 11.1 Å². The van der Waals surface area contributed by atoms with Crippen LogP contribution >= 0.6 is 0 Å². The van der Waals surface area contributed by atoms with E-state index < -0.39 is 0 Å². The molecule has 0 amide bonds. The molecule has 1 aromatic heterocycles. The van der Waals surface area contributed by atoms with Gasteiger partial charge in [0.15, 0.2) is 0 Å². The molecule has 0 fully saturated rings. The van der Waals surface area contributed by atoms with E-state index in [0.717, 1.165) is 25.2 Å². The Morgan fingerprint density at radius 1 is 1.56 bits per heavy atom. The predicted molar refractivity (Wildman–Crippen MR) is 75.7 cm³/mol. The van der Waals surface area contributed by atoms with Crippen LogP contribution in [0.2, 0.25) is 0 Å². The molecule has 2 atom stereocenters. The SMILES string of the molecule is CC(Cc1cc2n(n1)C(CN)CCN2)C(C)(C)C. The molecule has 2 rings (SSSR count). The highest BCUT2D eigenvalue weighted by Gasteiger charge is 2.24. The summed E-state index contributed by atoms with van der Waals surface area (Å²) in [4.78, 5) is 0. The van der Waals surface area contributed by atoms with Gasteiger partial charge in [-0.2, -0.15) is 5.10 Å². The fourth-order valence-corrected chi connectivity index (χ4v) is 2.28. The first-order chi connectivity index (χ1) is 8.41. The second-order valence-corrected chi connectivity index (χ2v) is 6.54. The lowest BCUT2D eigenvalue weighted by atomic mass is 9.79. The Kier molecular flexibility index (Phi) is 3.66. The Labute approximate surface area is 110 Å². The monoisotopic (exact) mass is 250 g/mol. The van der Waals surface area contributed by atoms with Crippen molar-refractivity contribution < 1.29 is 0 Å². The number of nitrogens with two attached hydrogens (primary N) is 1. The maximum Gasteiger partial charge on any atom is 0.124 e. The van der Waals surface area contributed by atoms with Crippen molar-refractivity contribution in [2.75, 3.05) is 18.4 Å². The van der Waals surface area contributed by atoms with Crippen LogP contribution in [-0.2, 0) is 6.42 Å². The van der Waals surface area contributed by atoms with Crippen LogP contribution in [0.5, 0.6) is 0 Å². The lowest BCUT2D eigenvalue weighted by Gasteiger charge is -2.26. The average molecular weight is 250 g/mol. The van der Waals surface area contributed by atoms with Crippen molar-refractivity contribution in [1.82, 2.24) is 9.78 Å². The Hall–Kier alpha value is -1.03. The van der Waals surface area contributed by atoms with Gasteiger partial charge in [0.05, 0.1) is 11.7 Å². The molecule has 0 saturated heterocycles. The Balaban J connectivity index is 2.14. The van der Waals surface area contributed by atoms with Gasteiger partial charge in [0.1, 0.15) is 5.82 Å². The van der Waals surface area contributed by atoms with Crippen molar-refractivity contribution in [1.29, 1.82) is 0 Å². The highest BCUT2D eigenvalue weighted by molar-refractivity contribution is 5.39. The van der Waals surface area contributed by atoms with E-state index >= 15 is 0 Å². The molecular weight excluding hydrogens is 224 g/mol. The highest BCUT2D eigenvalue weighted by atomic mass is 15.4. The molecule has 4 nitrogen and oxygen atoms in total. The summed E-state index contributed by atoms with van der Waals surface area (Å²) in [7, 11) is 0. The Bertz CT molecular complexity index is 402. The molecule has 0 bridgehead atoms. The zero-order valence-electron chi connectivity index (χ0n) is 12.0. The van der Waals surface area contributed by atoms with E-state index in [4.69, 9.17) is 10.8 Å². The molecule has 0 radical (unpaired) electrons. The van der Waals surface area contributed by atoms with Crippen LogP contribution < -0.4 is 11.1 Å². The average Bonchev–Trinajstić information content (AvgIpc) is 2.69. The minimum Gasteiger partial charge on any atom is -0.370 e. The number of hydrogen-bond donors (Lipinski definition) is 2. The Morgan fingerprint density at radius 2 is 2.28 bits per heavy atom. The summed E-state index contributed by atoms with van der Waals surface area (Å²) in [6, 6.07) is 2.55. The quantitative estimate of drug-likeness (QED) is 0.866. The van der Waals surface area contributed by atoms with E-state index in [1.165, 1.54) is 5.69 Å². The van der Waals surface area contributed by atoms with E-state index in [-0.39, 0.29) is 0 Å². The molecule has 0 saturated carbocycles. The third-order valence-electron chi connectivity index (χ3n) is 4.18. The summed E-state index contributed by atoms with van der Waals surface area (Å²) >= 11 is 0. The lowest BCUT2D eigenvalue weighted by Crippen LogP contribution is -2.28. The van der Waals surface area contributed by atoms with E-state index in [9.17, 15) is 0 Å². The molecule has 2 unspecified atom stereocenters. The van der Waals surface area contributed by atoms with E-state index in [0.29, 0.717) is 23.9 Å². The van der Waals surface area contributed by atoms with Gasteiger partial charge in [-0.05, 0) is 24.2 Å². The van der Waals surface area contributed by atoms with E-state index in [1.807, 2.05) is 0 Å². The standard InChI is InChI=1S/C14H26N4/c1-10(14(2,3)4)7-11-8-13-16-6-5-12(9-15)18(13)17-11/h8,10,12,16H,5-7,9,15H2,1-4H3. The van der Waals surface area contributed by atoms with Crippen LogP contribution in [0.15, 0.2) is 6.07 Å². The topological polar surface area (TPSA) is 55.9 Å². The maximum atomic E-state index is 5.81. The molecule has 2 heterocycles. The van der Waals surface area contributed by atoms with Gasteiger partial charge in [0.25, 0.3) is 0 Å². The summed E-state index contributed by atoms with van der Waals surface area (Å²) in [5, 5.41) is 8.13. The second kappa shape index (κ2) is 4.92. The first kappa shape index (κ1) is 13.4. The lowest BCUT2D eigenvalue weighted by molar-refractivity contribution is 0.257. The Morgan fingerprint density at radius 3 is 2.89 bits per heavy atom. The molecule has 0 spiro atoms. The van der Waals surface area contributed by atoms with Crippen molar-refractivity contribution in [3.8, 4) is 0 Å². The molecule has 3 N–H and O–H groups in total. The molecule has 1 aliphatic heterocycles. The normalized spacial score (nSPS) is 21.3. The minimum absolute atomic E-state index is 0.324. The number of rotatable bonds is 3. The van der Waals surface area contributed by atoms with Gasteiger partial charge in [-0.15, -0.1) is 0 Å². The smallest absolute Gasteiger partial charge is 0.124 e. The van der Waals surface area contributed by atoms with Gasteiger partial charge in [-0.25, -0.2) is 4.68 Å². The number of nitrogens with zero attached hydrogens (tertiary/aromatic N) is 2. The summed E-state index contributed by atoms with van der Waals surface area (Å²) in [6.45, 7) is 10.8. The van der Waals surface area contributed by atoms with Crippen LogP contribution in [0.1, 0.15) is 45.9 Å². The van der Waals surface area contributed by atoms with Gasteiger partial charge in [-0.3, -0.25) is 0 Å². The molecule has 0 aromatic carbocycles. The van der Waals surface area contributed by atoms with Crippen LogP contribution in [0.3, 0.4) is 0 Å². The fourth-order valence-electron chi connectivity index (χ4n) is 2.28. The maximum absolute atomic E-state index is 5.81. The van der Waals surface area contributed by atoms with Crippen molar-refractivity contribution in [2.45, 2.75) is 46.6 Å². The number of hydrogen-bond acceptors (Lipinski definition) is 3. The first-order valence-electron chi connectivity index (χ1n) is 6.94. The molecule has 4 heteroatoms. The van der Waals surface area contributed by atoms with Gasteiger partial charge in [0.2, 0.25) is 0 Å². The van der Waals surface area contributed by atoms with E-state index in [2.05, 4.69) is 43.8 Å². The third kappa shape index (κ3) is 2.69. The summed E-state index contributed by atoms with van der Waals surface area (Å²) < 4.78 is 2.08. The zero-order valence-corrected chi connectivity index (χ0v) is 12.0. The van der Waals surface area contributed by atoms with Gasteiger partial charge in [-0.1, -0.05) is 27.7 Å². The molecule has 1 aliphatic rings. The predicted octanol–water partition coefficient (Wildman–Crippen LogP) is 2.42. The fraction of sp³-hybridized carbons (Fsp3) is 0.786. The van der Waals surface area contributed by atoms with Crippen molar-refractivity contribution in [3.63, 3.8) is 0 Å². The van der Waals surface area contributed by atoms with Crippen LogP contribution in [-0.4, -0.2) is 22.9 Å². The van der Waals surface area contributed by atoms with E-state index in [1.54, 1.807) is 0 Å². The van der Waals surface area contributed by atoms with Crippen molar-refractivity contribution >= 4 is 5.82 Å². The number of fused-ring (bicyclic) bond motifs is 1. The minimum atomic E-state index is 0.324. The van der Waals surface area contributed by atoms with Crippen LogP contribution in [0.4, 0.5) is 5.82 Å². The highest BCUT2D eigenvalue weighted by Crippen LogP contribution is 2.30. The van der Waals surface area contributed by atoms with Gasteiger partial charge >= 0.3 is 0 Å². The third-order valence-corrected chi connectivity index (χ3v) is 4.18. The summed E-state index contributed by atoms with van der Waals surface area (Å²) in [5.74, 6) is 1.75. The largest absolute Gasteiger partial charge is 0.370 e. The van der Waals surface area contributed by atoms with Gasteiger partial charge in [0, 0.05) is 19.2 Å². The van der Waals surface area contributed by atoms with Crippen LogP contribution in [0.25, 0.3) is 0 Å². The molecule has 1 aromatic rings. The molecular formula is C14H26N4. The summed E-state index contributed by atoms with van der Waals surface area (Å²) in [6.07, 6.45) is 2.10. The second-order valence-electron chi connectivity index (χ2n) is 6.54. The molecule has 0 aliphatic carbocycles. The van der Waals surface area contributed by atoms with Crippen LogP contribution in [0, 0.1) is 11.3 Å². The number of anilines is 1. The first-order valence-corrected chi connectivity index (χ1v) is 6.94. The van der Waals surface area contributed by atoms with Crippen molar-refractivity contribution in [2.24, 2.45) is 17.1 Å². The molecule has 102 valence electrons. The van der Waals surface area contributed by atoms with Crippen molar-refractivity contribution in [3.05, 3.63) is 11.8 Å². The number of nitrogens with one attached hydrogen (secondary N) is 1. The molecule has 18 heavy (non-hydrogen) atoms.